The van der Waals surface area contributed by atoms with Gasteiger partial charge in [-0.25, -0.2) is 4.98 Å². The van der Waals surface area contributed by atoms with Crippen molar-refractivity contribution in [3.05, 3.63) is 16.1 Å². The minimum absolute atomic E-state index is 0.187. The zero-order chi connectivity index (χ0) is 12.8. The fourth-order valence-corrected chi connectivity index (χ4v) is 3.02. The van der Waals surface area contributed by atoms with Crippen LogP contribution in [0, 0.1) is 0 Å². The Morgan fingerprint density at radius 3 is 3.22 bits per heavy atom. The first kappa shape index (κ1) is 13.5. The van der Waals surface area contributed by atoms with Gasteiger partial charge in [0.15, 0.2) is 0 Å². The first-order valence-electron chi connectivity index (χ1n) is 6.71. The van der Waals surface area contributed by atoms with Gasteiger partial charge in [0, 0.05) is 37.4 Å². The van der Waals surface area contributed by atoms with E-state index >= 15 is 0 Å². The number of aromatic nitrogens is 1. The van der Waals surface area contributed by atoms with E-state index in [9.17, 15) is 4.79 Å². The van der Waals surface area contributed by atoms with Gasteiger partial charge in [-0.15, -0.1) is 11.3 Å². The molecule has 1 saturated heterocycles. The SMILES string of the molecule is CCc1csc(CCN[C@@H]2CCNC(=O)CC2)n1. The highest BCUT2D eigenvalue weighted by atomic mass is 32.1. The lowest BCUT2D eigenvalue weighted by Gasteiger charge is -2.14. The minimum Gasteiger partial charge on any atom is -0.356 e. The lowest BCUT2D eigenvalue weighted by Crippen LogP contribution is -2.31. The molecule has 2 rings (SSSR count). The van der Waals surface area contributed by atoms with E-state index < -0.39 is 0 Å². The number of carbonyl (C=O) groups is 1. The van der Waals surface area contributed by atoms with Crippen molar-refractivity contribution in [2.75, 3.05) is 13.1 Å². The largest absolute Gasteiger partial charge is 0.356 e. The van der Waals surface area contributed by atoms with Crippen molar-refractivity contribution < 1.29 is 4.79 Å². The van der Waals surface area contributed by atoms with Gasteiger partial charge in [-0.3, -0.25) is 4.79 Å². The van der Waals surface area contributed by atoms with Crippen LogP contribution in [-0.2, 0) is 17.6 Å². The van der Waals surface area contributed by atoms with Gasteiger partial charge < -0.3 is 10.6 Å². The fraction of sp³-hybridized carbons (Fsp3) is 0.692. The van der Waals surface area contributed by atoms with Crippen molar-refractivity contribution in [1.82, 2.24) is 15.6 Å². The number of carbonyl (C=O) groups excluding carboxylic acids is 1. The lowest BCUT2D eigenvalue weighted by molar-refractivity contribution is -0.120. The van der Waals surface area contributed by atoms with Crippen LogP contribution < -0.4 is 10.6 Å². The van der Waals surface area contributed by atoms with E-state index in [1.807, 2.05) is 0 Å². The molecule has 1 amide bonds. The molecule has 4 nitrogen and oxygen atoms in total. The highest BCUT2D eigenvalue weighted by molar-refractivity contribution is 7.09. The van der Waals surface area contributed by atoms with Crippen molar-refractivity contribution in [2.24, 2.45) is 0 Å². The summed E-state index contributed by atoms with van der Waals surface area (Å²) in [6, 6.07) is 0.467. The Bertz CT molecular complexity index is 391. The molecule has 1 aromatic heterocycles. The Morgan fingerprint density at radius 1 is 1.56 bits per heavy atom. The predicted octanol–water partition coefficient (Wildman–Crippen LogP) is 1.51. The van der Waals surface area contributed by atoms with Crippen molar-refractivity contribution in [1.29, 1.82) is 0 Å². The molecule has 1 aliphatic heterocycles. The van der Waals surface area contributed by atoms with Crippen LogP contribution in [-0.4, -0.2) is 30.0 Å². The van der Waals surface area contributed by atoms with Crippen LogP contribution in [0.15, 0.2) is 5.38 Å². The van der Waals surface area contributed by atoms with Crippen LogP contribution in [0.25, 0.3) is 0 Å². The molecule has 2 heterocycles. The van der Waals surface area contributed by atoms with Crippen LogP contribution >= 0.6 is 11.3 Å². The molecule has 2 N–H and O–H groups in total. The number of thiazole rings is 1. The molecule has 0 aromatic carbocycles. The molecule has 1 aromatic rings. The summed E-state index contributed by atoms with van der Waals surface area (Å²) < 4.78 is 0. The van der Waals surface area contributed by atoms with Gasteiger partial charge in [0.25, 0.3) is 0 Å². The Kier molecular flexibility index (Phi) is 5.13. The average molecular weight is 267 g/mol. The van der Waals surface area contributed by atoms with E-state index in [2.05, 4.69) is 27.9 Å². The van der Waals surface area contributed by atoms with Crippen LogP contribution in [0.3, 0.4) is 0 Å². The molecule has 1 fully saturated rings. The van der Waals surface area contributed by atoms with Gasteiger partial charge in [0.05, 0.1) is 10.7 Å². The number of amides is 1. The summed E-state index contributed by atoms with van der Waals surface area (Å²) in [6.07, 6.45) is 4.63. The number of nitrogens with zero attached hydrogens (tertiary/aromatic N) is 1. The Morgan fingerprint density at radius 2 is 2.44 bits per heavy atom. The summed E-state index contributed by atoms with van der Waals surface area (Å²) >= 11 is 1.75. The molecule has 100 valence electrons. The number of rotatable bonds is 5. The number of hydrogen-bond donors (Lipinski definition) is 2. The molecule has 0 bridgehead atoms. The van der Waals surface area contributed by atoms with Gasteiger partial charge in [-0.05, 0) is 19.3 Å². The molecule has 0 spiro atoms. The first-order chi connectivity index (χ1) is 8.78. The topological polar surface area (TPSA) is 54.0 Å². The summed E-state index contributed by atoms with van der Waals surface area (Å²) in [5.41, 5.74) is 1.19. The highest BCUT2D eigenvalue weighted by Crippen LogP contribution is 2.11. The average Bonchev–Trinajstić information content (AvgIpc) is 2.73. The van der Waals surface area contributed by atoms with Crippen molar-refractivity contribution >= 4 is 17.2 Å². The second-order valence-corrected chi connectivity index (χ2v) is 5.61. The maximum Gasteiger partial charge on any atom is 0.220 e. The monoisotopic (exact) mass is 267 g/mol. The zero-order valence-electron chi connectivity index (χ0n) is 10.9. The third kappa shape index (κ3) is 4.07. The van der Waals surface area contributed by atoms with Gasteiger partial charge in [-0.1, -0.05) is 6.92 Å². The second kappa shape index (κ2) is 6.85. The summed E-state index contributed by atoms with van der Waals surface area (Å²) in [5.74, 6) is 0.187. The molecule has 1 atom stereocenters. The molecular weight excluding hydrogens is 246 g/mol. The van der Waals surface area contributed by atoms with Gasteiger partial charge in [0.2, 0.25) is 5.91 Å². The Labute approximate surface area is 112 Å². The predicted molar refractivity (Wildman–Crippen MR) is 73.8 cm³/mol. The van der Waals surface area contributed by atoms with E-state index in [0.29, 0.717) is 12.5 Å². The Balaban J connectivity index is 1.69. The summed E-state index contributed by atoms with van der Waals surface area (Å²) in [7, 11) is 0. The molecule has 1 aliphatic rings. The van der Waals surface area contributed by atoms with Gasteiger partial charge >= 0.3 is 0 Å². The standard InChI is InChI=1S/C13H21N3OS/c1-2-10-9-18-13(16-10)6-8-14-11-3-4-12(17)15-7-5-11/h9,11,14H,2-8H2,1H3,(H,15,17)/t11-/m0/s1. The third-order valence-corrected chi connectivity index (χ3v) is 4.23. The van der Waals surface area contributed by atoms with Crippen LogP contribution in [0.5, 0.6) is 0 Å². The number of nitrogens with one attached hydrogen (secondary N) is 2. The van der Waals surface area contributed by atoms with Crippen LogP contribution in [0.4, 0.5) is 0 Å². The molecule has 0 saturated carbocycles. The molecule has 18 heavy (non-hydrogen) atoms. The van der Waals surface area contributed by atoms with E-state index in [1.54, 1.807) is 11.3 Å². The summed E-state index contributed by atoms with van der Waals surface area (Å²) in [4.78, 5) is 15.8. The second-order valence-electron chi connectivity index (χ2n) is 4.66. The molecule has 0 radical (unpaired) electrons. The summed E-state index contributed by atoms with van der Waals surface area (Å²) in [5, 5.41) is 9.79. The van der Waals surface area contributed by atoms with Crippen molar-refractivity contribution in [3.63, 3.8) is 0 Å². The van der Waals surface area contributed by atoms with Gasteiger partial charge in [0.1, 0.15) is 0 Å². The quantitative estimate of drug-likeness (QED) is 0.850. The first-order valence-corrected chi connectivity index (χ1v) is 7.59. The zero-order valence-corrected chi connectivity index (χ0v) is 11.7. The minimum atomic E-state index is 0.187. The normalized spacial score (nSPS) is 20.5. The smallest absolute Gasteiger partial charge is 0.220 e. The maximum atomic E-state index is 11.2. The Hall–Kier alpha value is -0.940. The third-order valence-electron chi connectivity index (χ3n) is 3.27. The van der Waals surface area contributed by atoms with E-state index in [-0.39, 0.29) is 5.91 Å². The van der Waals surface area contributed by atoms with Crippen LogP contribution in [0.2, 0.25) is 0 Å². The van der Waals surface area contributed by atoms with Crippen molar-refractivity contribution in [2.45, 2.75) is 45.1 Å². The number of hydrogen-bond acceptors (Lipinski definition) is 4. The lowest BCUT2D eigenvalue weighted by atomic mass is 10.1. The fourth-order valence-electron chi connectivity index (χ4n) is 2.14. The summed E-state index contributed by atoms with van der Waals surface area (Å²) in [6.45, 7) is 3.88. The van der Waals surface area contributed by atoms with Crippen LogP contribution in [0.1, 0.15) is 36.9 Å². The molecule has 5 heteroatoms. The number of aryl methyl sites for hydroxylation is 1. The molecule has 0 unspecified atom stereocenters. The van der Waals surface area contributed by atoms with E-state index in [0.717, 1.165) is 38.8 Å². The van der Waals surface area contributed by atoms with E-state index in [1.165, 1.54) is 10.7 Å². The van der Waals surface area contributed by atoms with Gasteiger partial charge in [-0.2, -0.15) is 0 Å². The highest BCUT2D eigenvalue weighted by Gasteiger charge is 2.15. The molecule has 0 aliphatic carbocycles. The molecular formula is C13H21N3OS. The van der Waals surface area contributed by atoms with Crippen molar-refractivity contribution in [3.8, 4) is 0 Å². The van der Waals surface area contributed by atoms with E-state index in [4.69, 9.17) is 0 Å². The maximum absolute atomic E-state index is 11.2.